The van der Waals surface area contributed by atoms with Gasteiger partial charge < -0.3 is 58.5 Å². The number of rotatable bonds is 0. The van der Waals surface area contributed by atoms with Crippen molar-refractivity contribution in [3.05, 3.63) is 79.4 Å². The van der Waals surface area contributed by atoms with Crippen LogP contribution in [0.5, 0.6) is 0 Å². The predicted molar refractivity (Wildman–Crippen MR) is 91.4 cm³/mol. The van der Waals surface area contributed by atoms with Crippen molar-refractivity contribution in [1.82, 2.24) is 9.97 Å². The minimum Gasteiger partial charge on any atom is -0.457 e. The fourth-order valence-corrected chi connectivity index (χ4v) is 0.752. The molecule has 0 aliphatic heterocycles. The van der Waals surface area contributed by atoms with Crippen molar-refractivity contribution in [2.45, 2.75) is 0 Å². The normalized spacial score (nSPS) is 6.46. The first-order valence-electron chi connectivity index (χ1n) is 5.21. The van der Waals surface area contributed by atoms with Crippen LogP contribution in [0, 0.1) is 30.6 Å². The van der Waals surface area contributed by atoms with Gasteiger partial charge in [-0.1, -0.05) is 12.1 Å². The van der Waals surface area contributed by atoms with E-state index in [-0.39, 0.29) is 43.7 Å². The van der Waals surface area contributed by atoms with Crippen LogP contribution in [-0.4, -0.2) is 25.6 Å². The number of aromatic nitrogens is 2. The maximum atomic E-state index is 8.25. The van der Waals surface area contributed by atoms with E-state index in [0.717, 1.165) is 0 Å². The Hall–Kier alpha value is -2.90. The standard InChI is InChI=1S/2C5H6N2.Cd.2NO3.3H2O/c2*6-5-3-1-2-4-7-5;;2*2-1(3)4;;;/h2*1-4H,(H2,6,7);;;;3*1H2/q;;+2;2*-1;;;/p+2. The molecule has 0 atom stereocenters. The molecule has 26 heavy (non-hydrogen) atoms. The molecule has 144 valence electrons. The van der Waals surface area contributed by atoms with E-state index in [1.165, 1.54) is 0 Å². The van der Waals surface area contributed by atoms with Crippen molar-refractivity contribution in [3.63, 3.8) is 0 Å². The molecule has 0 aliphatic rings. The summed E-state index contributed by atoms with van der Waals surface area (Å²) in [5, 5.41) is 29.5. The first-order chi connectivity index (χ1) is 10.3. The second kappa shape index (κ2) is 27.0. The van der Waals surface area contributed by atoms with Crippen LogP contribution >= 0.6 is 0 Å². The summed E-state index contributed by atoms with van der Waals surface area (Å²) in [5.41, 5.74) is 10.5. The van der Waals surface area contributed by atoms with Gasteiger partial charge in [0, 0.05) is 12.4 Å². The molecule has 0 amide bonds. The molecule has 0 spiro atoms. The van der Waals surface area contributed by atoms with Gasteiger partial charge in [-0.2, -0.15) is 0 Å². The van der Waals surface area contributed by atoms with Crippen LogP contribution in [-0.2, 0) is 38.3 Å². The van der Waals surface area contributed by atoms with Gasteiger partial charge in [-0.25, -0.2) is 9.97 Å². The Kier molecular flexibility index (Phi) is 40.0. The Morgan fingerprint density at radius 3 is 1.04 bits per heavy atom. The third kappa shape index (κ3) is 49.7. The van der Waals surface area contributed by atoms with E-state index in [4.69, 9.17) is 42.1 Å². The average molecular weight is 481 g/mol. The Morgan fingerprint density at radius 1 is 0.731 bits per heavy atom. The van der Waals surface area contributed by atoms with E-state index < -0.39 is 10.2 Å². The summed E-state index contributed by atoms with van der Waals surface area (Å²) in [7, 11) is 0. The summed E-state index contributed by atoms with van der Waals surface area (Å²) in [6.45, 7) is 0. The third-order valence-corrected chi connectivity index (χ3v) is 1.38. The first kappa shape index (κ1) is 38.6. The monoisotopic (exact) mass is 482 g/mol. The summed E-state index contributed by atoms with van der Waals surface area (Å²) < 4.78 is 0. The molecule has 2 rings (SSSR count). The van der Waals surface area contributed by atoms with Crippen LogP contribution < -0.4 is 11.5 Å². The minimum absolute atomic E-state index is 0. The molecular formula is C10H20CdN6O9+2. The van der Waals surface area contributed by atoms with E-state index in [1.807, 2.05) is 24.3 Å². The zero-order chi connectivity index (χ0) is 17.4. The van der Waals surface area contributed by atoms with Crippen LogP contribution in [0.3, 0.4) is 0 Å². The van der Waals surface area contributed by atoms with Gasteiger partial charge in [0.25, 0.3) is 0 Å². The molecule has 2 aromatic heterocycles. The number of pyridine rings is 2. The summed E-state index contributed by atoms with van der Waals surface area (Å²) in [6, 6.07) is 10.9. The van der Waals surface area contributed by atoms with E-state index in [9.17, 15) is 0 Å². The van der Waals surface area contributed by atoms with E-state index in [0.29, 0.717) is 11.6 Å². The van der Waals surface area contributed by atoms with Crippen LogP contribution in [0.2, 0.25) is 0 Å². The largest absolute Gasteiger partial charge is 2.00 e. The molecule has 2 aromatic rings. The average Bonchev–Trinajstić information content (AvgIpc) is 2.40. The zero-order valence-electron chi connectivity index (χ0n) is 13.4. The van der Waals surface area contributed by atoms with Crippen molar-refractivity contribution < 1.29 is 53.9 Å². The van der Waals surface area contributed by atoms with Gasteiger partial charge >= 0.3 is 27.3 Å². The van der Waals surface area contributed by atoms with Crippen LogP contribution in [0.15, 0.2) is 48.8 Å². The Labute approximate surface area is 166 Å². The maximum Gasteiger partial charge on any atom is 2.00 e. The number of hydrogen-bond donors (Lipinski definition) is 2. The van der Waals surface area contributed by atoms with Crippen LogP contribution in [0.25, 0.3) is 0 Å². The second-order valence-electron chi connectivity index (χ2n) is 2.96. The summed E-state index contributed by atoms with van der Waals surface area (Å²) in [5.74, 6) is 1.14. The molecule has 0 radical (unpaired) electrons. The summed E-state index contributed by atoms with van der Waals surface area (Å²) in [6.07, 6.45) is 3.32. The quantitative estimate of drug-likeness (QED) is 0.184. The van der Waals surface area contributed by atoms with Crippen molar-refractivity contribution in [3.8, 4) is 0 Å². The van der Waals surface area contributed by atoms with Crippen molar-refractivity contribution in [2.75, 3.05) is 11.5 Å². The zero-order valence-corrected chi connectivity index (χ0v) is 17.4. The third-order valence-electron chi connectivity index (χ3n) is 1.38. The van der Waals surface area contributed by atoms with E-state index in [1.54, 1.807) is 24.5 Å². The molecule has 0 saturated heterocycles. The maximum absolute atomic E-state index is 8.25. The summed E-state index contributed by atoms with van der Waals surface area (Å²) >= 11 is 0. The fraction of sp³-hybridized carbons (Fsp3) is 0. The molecule has 0 aliphatic carbocycles. The van der Waals surface area contributed by atoms with Gasteiger partial charge in [-0.3, -0.25) is 0 Å². The summed E-state index contributed by atoms with van der Waals surface area (Å²) in [4.78, 5) is 24.0. The smallest absolute Gasteiger partial charge is 0.457 e. The van der Waals surface area contributed by atoms with Crippen LogP contribution in [0.1, 0.15) is 0 Å². The second-order valence-corrected chi connectivity index (χ2v) is 2.96. The SMILES string of the molecule is Nc1ccccn1.Nc1ccccn1.O.O=[N+]([O-])[O-].O=[N+]([O-])[O-].[Cd+2].[OH3+].[OH3+]. The number of nitrogens with two attached hydrogens (primary N) is 2. The Bertz CT molecular complexity index is 480. The predicted octanol–water partition coefficient (Wildman–Crippen LogP) is -1.82. The molecule has 0 saturated carbocycles. The van der Waals surface area contributed by atoms with Crippen molar-refractivity contribution in [1.29, 1.82) is 0 Å². The molecule has 0 fully saturated rings. The van der Waals surface area contributed by atoms with Crippen LogP contribution in [0.4, 0.5) is 11.6 Å². The Balaban J connectivity index is -0.0000000505. The molecule has 0 aromatic carbocycles. The van der Waals surface area contributed by atoms with E-state index in [2.05, 4.69) is 9.97 Å². The van der Waals surface area contributed by atoms with Gasteiger partial charge in [0.05, 0.1) is 10.2 Å². The Morgan fingerprint density at radius 2 is 0.962 bits per heavy atom. The van der Waals surface area contributed by atoms with Gasteiger partial charge in [0.1, 0.15) is 11.6 Å². The number of nitrogens with zero attached hydrogens (tertiary/aromatic N) is 4. The number of nitrogen functional groups attached to an aromatic ring is 2. The molecule has 15 nitrogen and oxygen atoms in total. The molecule has 12 N–H and O–H groups in total. The molecular weight excluding hydrogens is 461 g/mol. The van der Waals surface area contributed by atoms with Gasteiger partial charge in [-0.05, 0) is 24.3 Å². The van der Waals surface area contributed by atoms with E-state index >= 15 is 0 Å². The molecule has 0 bridgehead atoms. The topological polar surface area (TPSA) is 308 Å². The number of anilines is 2. The molecule has 0 unspecified atom stereocenters. The fourth-order valence-electron chi connectivity index (χ4n) is 0.752. The van der Waals surface area contributed by atoms with Crippen molar-refractivity contribution in [2.24, 2.45) is 0 Å². The van der Waals surface area contributed by atoms with Gasteiger partial charge in [-0.15, -0.1) is 0 Å². The van der Waals surface area contributed by atoms with Gasteiger partial charge in [0.15, 0.2) is 0 Å². The molecule has 16 heteroatoms. The van der Waals surface area contributed by atoms with Gasteiger partial charge in [0.2, 0.25) is 0 Å². The molecule has 2 heterocycles. The first-order valence-corrected chi connectivity index (χ1v) is 5.21. The minimum atomic E-state index is -1.75. The number of hydrogen-bond acceptors (Lipinski definition) is 10. The van der Waals surface area contributed by atoms with Crippen molar-refractivity contribution >= 4 is 11.6 Å².